The van der Waals surface area contributed by atoms with Crippen LogP contribution < -0.4 is 5.32 Å². The minimum Gasteiger partial charge on any atom is -0.351 e. The number of thiophene rings is 1. The number of hydrogen-bond acceptors (Lipinski definition) is 2. The number of H-pyrrole nitrogens is 1. The van der Waals surface area contributed by atoms with Crippen molar-refractivity contribution in [2.24, 2.45) is 0 Å². The fourth-order valence-electron chi connectivity index (χ4n) is 2.55. The Labute approximate surface area is 149 Å². The molecule has 2 N–H and O–H groups in total. The van der Waals surface area contributed by atoms with E-state index in [1.54, 1.807) is 11.3 Å². The largest absolute Gasteiger partial charge is 0.351 e. The zero-order chi connectivity index (χ0) is 17.1. The topological polar surface area (TPSA) is 44.9 Å². The number of nitrogens with one attached hydrogen (secondary N) is 2. The van der Waals surface area contributed by atoms with Gasteiger partial charge in [-0.25, -0.2) is 0 Å². The summed E-state index contributed by atoms with van der Waals surface area (Å²) in [5.41, 5.74) is 3.07. The molecule has 0 radical (unpaired) electrons. The Morgan fingerprint density at radius 1 is 0.960 bits per heavy atom. The van der Waals surface area contributed by atoms with Gasteiger partial charge in [0.25, 0.3) is 5.91 Å². The average molecular weight is 342 g/mol. The Morgan fingerprint density at radius 3 is 2.72 bits per heavy atom. The van der Waals surface area contributed by atoms with Crippen molar-refractivity contribution < 1.29 is 4.79 Å². The normalized spacial score (nSPS) is 10.2. The van der Waals surface area contributed by atoms with Crippen molar-refractivity contribution in [3.05, 3.63) is 88.2 Å². The number of aromatic amines is 1. The molecule has 0 aliphatic rings. The highest BCUT2D eigenvalue weighted by atomic mass is 32.1. The standard InChI is InChI=1S/C21H14N2OS/c24-21(20-14-16-6-1-2-9-19(16)23-20)22-17-7-3-5-15(13-17)10-11-18-8-4-12-25-18/h1-9,12-14,23H,(H,22,24). The molecular formula is C21H14N2OS. The Bertz CT molecular complexity index is 1060. The minimum atomic E-state index is -0.167. The molecule has 0 spiro atoms. The van der Waals surface area contributed by atoms with Gasteiger partial charge in [-0.05, 0) is 41.8 Å². The van der Waals surface area contributed by atoms with Crippen LogP contribution in [0.15, 0.2) is 72.1 Å². The summed E-state index contributed by atoms with van der Waals surface area (Å²) in [4.78, 5) is 16.6. The number of anilines is 1. The molecule has 0 bridgehead atoms. The van der Waals surface area contributed by atoms with Crippen molar-refractivity contribution in [3.63, 3.8) is 0 Å². The van der Waals surface area contributed by atoms with Crippen LogP contribution in [0.3, 0.4) is 0 Å². The van der Waals surface area contributed by atoms with Crippen molar-refractivity contribution in [3.8, 4) is 11.8 Å². The monoisotopic (exact) mass is 342 g/mol. The van der Waals surface area contributed by atoms with Gasteiger partial charge in [0.1, 0.15) is 5.69 Å². The predicted octanol–water partition coefficient (Wildman–Crippen LogP) is 4.88. The molecule has 0 saturated carbocycles. The summed E-state index contributed by atoms with van der Waals surface area (Å²) >= 11 is 1.61. The summed E-state index contributed by atoms with van der Waals surface area (Å²) in [5, 5.41) is 5.94. The number of aromatic nitrogens is 1. The molecule has 25 heavy (non-hydrogen) atoms. The van der Waals surface area contributed by atoms with Crippen molar-refractivity contribution in [2.45, 2.75) is 0 Å². The second-order valence-electron chi connectivity index (χ2n) is 5.53. The van der Waals surface area contributed by atoms with E-state index in [-0.39, 0.29) is 5.91 Å². The van der Waals surface area contributed by atoms with Crippen LogP contribution >= 0.6 is 11.3 Å². The molecule has 0 fully saturated rings. The lowest BCUT2D eigenvalue weighted by Gasteiger charge is -2.04. The summed E-state index contributed by atoms with van der Waals surface area (Å²) in [6.45, 7) is 0. The van der Waals surface area contributed by atoms with E-state index in [9.17, 15) is 4.79 Å². The van der Waals surface area contributed by atoms with E-state index in [0.29, 0.717) is 5.69 Å². The van der Waals surface area contributed by atoms with Crippen LogP contribution in [-0.4, -0.2) is 10.9 Å². The van der Waals surface area contributed by atoms with Crippen LogP contribution in [0.1, 0.15) is 20.9 Å². The first-order valence-corrected chi connectivity index (χ1v) is 8.71. The Kier molecular flexibility index (Phi) is 4.07. The highest BCUT2D eigenvalue weighted by Crippen LogP contribution is 2.17. The lowest BCUT2D eigenvalue weighted by molar-refractivity contribution is 0.102. The predicted molar refractivity (Wildman–Crippen MR) is 103 cm³/mol. The molecule has 0 unspecified atom stereocenters. The fourth-order valence-corrected chi connectivity index (χ4v) is 3.12. The van der Waals surface area contributed by atoms with Crippen LogP contribution in [0.25, 0.3) is 10.9 Å². The lowest BCUT2D eigenvalue weighted by Crippen LogP contribution is -2.12. The number of fused-ring (bicyclic) bond motifs is 1. The average Bonchev–Trinajstić information content (AvgIpc) is 3.29. The minimum absolute atomic E-state index is 0.167. The van der Waals surface area contributed by atoms with E-state index < -0.39 is 0 Å². The summed E-state index contributed by atoms with van der Waals surface area (Å²) in [6.07, 6.45) is 0. The van der Waals surface area contributed by atoms with Gasteiger partial charge in [0, 0.05) is 22.2 Å². The van der Waals surface area contributed by atoms with Crippen molar-refractivity contribution in [1.82, 2.24) is 4.98 Å². The van der Waals surface area contributed by atoms with Crippen LogP contribution in [0.4, 0.5) is 5.69 Å². The van der Waals surface area contributed by atoms with Crippen molar-refractivity contribution >= 4 is 33.8 Å². The molecule has 4 heteroatoms. The number of carbonyl (C=O) groups excluding carboxylic acids is 1. The third-order valence-electron chi connectivity index (χ3n) is 3.75. The summed E-state index contributed by atoms with van der Waals surface area (Å²) in [7, 11) is 0. The van der Waals surface area contributed by atoms with Gasteiger partial charge >= 0.3 is 0 Å². The lowest BCUT2D eigenvalue weighted by atomic mass is 10.2. The quantitative estimate of drug-likeness (QED) is 0.501. The van der Waals surface area contributed by atoms with Gasteiger partial charge in [-0.3, -0.25) is 4.79 Å². The van der Waals surface area contributed by atoms with Crippen LogP contribution in [0, 0.1) is 11.8 Å². The maximum Gasteiger partial charge on any atom is 0.272 e. The van der Waals surface area contributed by atoms with Gasteiger partial charge in [-0.2, -0.15) is 0 Å². The Morgan fingerprint density at radius 2 is 1.88 bits per heavy atom. The second kappa shape index (κ2) is 6.68. The molecular weight excluding hydrogens is 328 g/mol. The Balaban J connectivity index is 1.54. The van der Waals surface area contributed by atoms with Crippen LogP contribution in [0.5, 0.6) is 0 Å². The molecule has 4 rings (SSSR count). The third kappa shape index (κ3) is 3.47. The third-order valence-corrected chi connectivity index (χ3v) is 4.53. The molecule has 0 saturated heterocycles. The molecule has 2 aromatic carbocycles. The van der Waals surface area contributed by atoms with Crippen molar-refractivity contribution in [1.29, 1.82) is 0 Å². The molecule has 3 nitrogen and oxygen atoms in total. The molecule has 0 aliphatic heterocycles. The van der Waals surface area contributed by atoms with E-state index in [2.05, 4.69) is 22.1 Å². The van der Waals surface area contributed by atoms with Gasteiger partial charge in [0.15, 0.2) is 0 Å². The first-order valence-electron chi connectivity index (χ1n) is 7.83. The maximum atomic E-state index is 12.5. The highest BCUT2D eigenvalue weighted by Gasteiger charge is 2.09. The SMILES string of the molecule is O=C(Nc1cccc(C#Cc2cccs2)c1)c1cc2ccccc2[nH]1. The molecule has 0 aliphatic carbocycles. The van der Waals surface area contributed by atoms with E-state index in [1.165, 1.54) is 0 Å². The summed E-state index contributed by atoms with van der Waals surface area (Å²) in [5.74, 6) is 6.08. The number of rotatable bonds is 2. The van der Waals surface area contributed by atoms with E-state index >= 15 is 0 Å². The number of hydrogen-bond donors (Lipinski definition) is 2. The van der Waals surface area contributed by atoms with Gasteiger partial charge < -0.3 is 10.3 Å². The summed E-state index contributed by atoms with van der Waals surface area (Å²) < 4.78 is 0. The first-order chi connectivity index (χ1) is 12.3. The van der Waals surface area contributed by atoms with E-state index in [1.807, 2.05) is 72.1 Å². The summed E-state index contributed by atoms with van der Waals surface area (Å²) in [6, 6.07) is 21.2. The fraction of sp³-hybridized carbons (Fsp3) is 0. The smallest absolute Gasteiger partial charge is 0.272 e. The zero-order valence-corrected chi connectivity index (χ0v) is 14.1. The Hall–Kier alpha value is -3.29. The first kappa shape index (κ1) is 15.3. The zero-order valence-electron chi connectivity index (χ0n) is 13.2. The van der Waals surface area contributed by atoms with Gasteiger partial charge in [0.05, 0.1) is 4.88 Å². The van der Waals surface area contributed by atoms with Gasteiger partial charge in [0.2, 0.25) is 0 Å². The van der Waals surface area contributed by atoms with E-state index in [4.69, 9.17) is 0 Å². The maximum absolute atomic E-state index is 12.5. The molecule has 2 heterocycles. The number of carbonyl (C=O) groups is 1. The molecule has 0 atom stereocenters. The van der Waals surface area contributed by atoms with Gasteiger partial charge in [-0.15, -0.1) is 11.3 Å². The van der Waals surface area contributed by atoms with E-state index in [0.717, 1.165) is 27.0 Å². The number of para-hydroxylation sites is 1. The molecule has 1 amide bonds. The highest BCUT2D eigenvalue weighted by molar-refractivity contribution is 7.10. The molecule has 120 valence electrons. The van der Waals surface area contributed by atoms with Gasteiger partial charge in [-0.1, -0.05) is 42.2 Å². The van der Waals surface area contributed by atoms with Crippen LogP contribution in [0.2, 0.25) is 0 Å². The molecule has 4 aromatic rings. The number of benzene rings is 2. The van der Waals surface area contributed by atoms with Crippen molar-refractivity contribution in [2.75, 3.05) is 5.32 Å². The van der Waals surface area contributed by atoms with Crippen LogP contribution in [-0.2, 0) is 0 Å². The second-order valence-corrected chi connectivity index (χ2v) is 6.48. The molecule has 2 aromatic heterocycles. The number of amides is 1.